The highest BCUT2D eigenvalue weighted by atomic mass is 33.7. The fraction of sp³-hybridized carbons (Fsp3) is 0.838. The van der Waals surface area contributed by atoms with Crippen LogP contribution in [0.25, 0.3) is 0 Å². The summed E-state index contributed by atoms with van der Waals surface area (Å²) < 4.78 is 52.8. The standard InChI is InChI=1S/C37H74O9S12Si3/c1-11-38-59(39-12-2,40-13-3)30-22-27-36(47,37(48,49)50)34-26-21-20-25-33(34)35(10,53-57-55-51-28-23-31-60(41-14-4,42-15-5)43-16-6)54-58-56-52-29-24-32-61(44-17-7,45-18-8)46-19-9/h20-21,25-26,47-50H,11-19,22-24,27-32H2,1-10H3. The quantitative estimate of drug-likeness (QED) is 0.0165. The van der Waals surface area contributed by atoms with E-state index < -0.39 is 38.7 Å². The Morgan fingerprint density at radius 3 is 1.08 bits per heavy atom. The van der Waals surface area contributed by atoms with E-state index in [1.54, 1.807) is 39.3 Å². The van der Waals surface area contributed by atoms with Gasteiger partial charge in [-0.1, -0.05) is 67.4 Å². The third kappa shape index (κ3) is 22.6. The summed E-state index contributed by atoms with van der Waals surface area (Å²) in [6.45, 7) is 25.4. The number of hydrogen-bond donors (Lipinski definition) is 4. The lowest BCUT2D eigenvalue weighted by Crippen LogP contribution is -2.46. The van der Waals surface area contributed by atoms with E-state index in [1.807, 2.05) is 105 Å². The normalized spacial score (nSPS) is 14.2. The molecule has 1 aromatic carbocycles. The lowest BCUT2D eigenvalue weighted by atomic mass is 9.89. The molecule has 0 heterocycles. The van der Waals surface area contributed by atoms with Crippen LogP contribution in [0.1, 0.15) is 106 Å². The summed E-state index contributed by atoms with van der Waals surface area (Å²) in [5.41, 5.74) is 2.20. The van der Waals surface area contributed by atoms with E-state index in [2.05, 4.69) is 31.2 Å². The van der Waals surface area contributed by atoms with Crippen LogP contribution in [0.4, 0.5) is 0 Å². The average Bonchev–Trinajstić information content (AvgIpc) is 3.20. The lowest BCUT2D eigenvalue weighted by molar-refractivity contribution is 0.0699. The minimum Gasteiger partial charge on any atom is -0.374 e. The van der Waals surface area contributed by atoms with E-state index in [4.69, 9.17) is 90.3 Å². The SMILES string of the molecule is CCO[Si](CCCSSSSC(C)(SSSSCCC[Si](OCC)(OCC)OCC)c1ccccc1C(S)(CCC[Si](OCC)(OCC)OCC)C(S)(S)S)(OCC)OCC. The molecule has 0 aliphatic carbocycles. The molecular formula is C37H74O9S12Si3. The van der Waals surface area contributed by atoms with Crippen molar-refractivity contribution in [1.82, 2.24) is 0 Å². The topological polar surface area (TPSA) is 83.1 Å². The van der Waals surface area contributed by atoms with Crippen molar-refractivity contribution in [3.63, 3.8) is 0 Å². The zero-order chi connectivity index (χ0) is 45.7. The summed E-state index contributed by atoms with van der Waals surface area (Å²) in [6, 6.07) is 10.8. The van der Waals surface area contributed by atoms with Gasteiger partial charge in [0.25, 0.3) is 0 Å². The Labute approximate surface area is 426 Å². The zero-order valence-electron chi connectivity index (χ0n) is 37.8. The van der Waals surface area contributed by atoms with Gasteiger partial charge in [0.15, 0.2) is 0 Å². The monoisotopic (exact) mass is 1130 g/mol. The van der Waals surface area contributed by atoms with Crippen LogP contribution >= 0.6 is 133 Å². The fourth-order valence-electron chi connectivity index (χ4n) is 6.35. The van der Waals surface area contributed by atoms with Gasteiger partial charge in [0.1, 0.15) is 7.49 Å². The third-order valence-electron chi connectivity index (χ3n) is 8.68. The summed E-state index contributed by atoms with van der Waals surface area (Å²) in [4.78, 5) is 0. The number of rotatable bonds is 41. The molecule has 0 amide bonds. The molecule has 0 spiro atoms. The minimum atomic E-state index is -2.89. The second kappa shape index (κ2) is 34.9. The van der Waals surface area contributed by atoms with E-state index >= 15 is 0 Å². The molecule has 0 saturated heterocycles. The number of thiol groups is 4. The Balaban J connectivity index is 3.32. The van der Waals surface area contributed by atoms with Crippen molar-refractivity contribution in [2.45, 2.75) is 125 Å². The van der Waals surface area contributed by atoms with Crippen molar-refractivity contribution >= 4 is 159 Å². The third-order valence-corrected chi connectivity index (χ3v) is 35.4. The molecule has 1 atom stereocenters. The van der Waals surface area contributed by atoms with Crippen LogP contribution in [-0.2, 0) is 48.7 Å². The van der Waals surface area contributed by atoms with Gasteiger partial charge in [-0.2, -0.15) is 12.6 Å². The maximum Gasteiger partial charge on any atom is 0.500 e. The molecule has 0 saturated carbocycles. The Bertz CT molecular complexity index is 1180. The summed E-state index contributed by atoms with van der Waals surface area (Å²) in [7, 11) is 6.37. The Morgan fingerprint density at radius 2 is 0.770 bits per heavy atom. The van der Waals surface area contributed by atoms with Crippen molar-refractivity contribution in [2.75, 3.05) is 71.0 Å². The second-order valence-electron chi connectivity index (χ2n) is 13.1. The molecule has 0 aromatic heterocycles. The van der Waals surface area contributed by atoms with Crippen LogP contribution in [-0.4, -0.2) is 101 Å². The molecule has 0 aliphatic heterocycles. The molecule has 1 rings (SSSR count). The summed E-state index contributed by atoms with van der Waals surface area (Å²) in [5, 5.41) is 0. The molecule has 1 aromatic rings. The highest BCUT2D eigenvalue weighted by Gasteiger charge is 2.49. The first-order valence-corrected chi connectivity index (χ1v) is 38.7. The van der Waals surface area contributed by atoms with Gasteiger partial charge in [-0.05, 0) is 145 Å². The molecule has 360 valence electrons. The van der Waals surface area contributed by atoms with E-state index in [1.165, 1.54) is 0 Å². The van der Waals surface area contributed by atoms with E-state index in [0.29, 0.717) is 71.9 Å². The van der Waals surface area contributed by atoms with Crippen LogP contribution in [0.5, 0.6) is 0 Å². The molecular weight excluding hydrogens is 1060 g/mol. The first-order valence-electron chi connectivity index (χ1n) is 21.2. The maximum absolute atomic E-state index is 6.21. The Hall–Kier alpha value is 3.71. The van der Waals surface area contributed by atoms with Crippen LogP contribution in [0, 0.1) is 0 Å². The van der Waals surface area contributed by atoms with Gasteiger partial charge in [-0.25, -0.2) is 0 Å². The van der Waals surface area contributed by atoms with Gasteiger partial charge in [-0.15, -0.1) is 37.9 Å². The highest BCUT2D eigenvalue weighted by Crippen LogP contribution is 2.65. The number of benzene rings is 1. The minimum absolute atomic E-state index is 0.399. The highest BCUT2D eigenvalue weighted by molar-refractivity contribution is 9.29. The van der Waals surface area contributed by atoms with Gasteiger partial charge in [0.2, 0.25) is 0 Å². The summed E-state index contributed by atoms with van der Waals surface area (Å²) in [5.74, 6) is 1.92. The van der Waals surface area contributed by atoms with Crippen molar-refractivity contribution in [3.05, 3.63) is 35.4 Å². The molecule has 24 heteroatoms. The van der Waals surface area contributed by atoms with Crippen molar-refractivity contribution in [3.8, 4) is 0 Å². The lowest BCUT2D eigenvalue weighted by Gasteiger charge is -2.43. The largest absolute Gasteiger partial charge is 0.500 e. The maximum atomic E-state index is 6.21. The van der Waals surface area contributed by atoms with Gasteiger partial charge >= 0.3 is 26.4 Å². The van der Waals surface area contributed by atoms with Gasteiger partial charge in [0.05, 0.1) is 4.75 Å². The predicted octanol–water partition coefficient (Wildman–Crippen LogP) is 14.5. The average molecular weight is 1130 g/mol. The molecule has 0 N–H and O–H groups in total. The van der Waals surface area contributed by atoms with E-state index in [-0.39, 0.29) is 0 Å². The van der Waals surface area contributed by atoms with E-state index in [0.717, 1.165) is 54.0 Å². The zero-order valence-corrected chi connectivity index (χ0v) is 50.9. The number of hydrogen-bond acceptors (Lipinski definition) is 21. The Kier molecular flexibility index (Phi) is 35.9. The molecule has 0 aliphatic rings. The molecule has 9 nitrogen and oxygen atoms in total. The van der Waals surface area contributed by atoms with Crippen molar-refractivity contribution in [2.24, 2.45) is 0 Å². The van der Waals surface area contributed by atoms with Gasteiger partial charge < -0.3 is 39.8 Å². The van der Waals surface area contributed by atoms with Crippen LogP contribution in [0.3, 0.4) is 0 Å². The van der Waals surface area contributed by atoms with Crippen LogP contribution in [0.15, 0.2) is 24.3 Å². The van der Waals surface area contributed by atoms with Crippen LogP contribution < -0.4 is 0 Å². The molecule has 61 heavy (non-hydrogen) atoms. The summed E-state index contributed by atoms with van der Waals surface area (Å²) >= 11 is 20.5. The first-order chi connectivity index (χ1) is 29.1. The van der Waals surface area contributed by atoms with Crippen LogP contribution in [0.2, 0.25) is 18.1 Å². The van der Waals surface area contributed by atoms with Gasteiger partial charge in [-0.3, -0.25) is 0 Å². The van der Waals surface area contributed by atoms with Crippen molar-refractivity contribution < 1.29 is 39.8 Å². The fourth-order valence-corrected chi connectivity index (χ4v) is 31.2. The smallest absolute Gasteiger partial charge is 0.374 e. The van der Waals surface area contributed by atoms with E-state index in [9.17, 15) is 0 Å². The van der Waals surface area contributed by atoms with Crippen molar-refractivity contribution in [1.29, 1.82) is 0 Å². The molecule has 0 bridgehead atoms. The molecule has 0 radical (unpaired) electrons. The first kappa shape index (κ1) is 62.7. The molecule has 0 fully saturated rings. The Morgan fingerprint density at radius 1 is 0.459 bits per heavy atom. The second-order valence-corrected chi connectivity index (χ2v) is 38.1. The molecule has 1 unspecified atom stereocenters. The predicted molar refractivity (Wildman–Crippen MR) is 299 cm³/mol. The van der Waals surface area contributed by atoms with Gasteiger partial charge in [0, 0.05) is 89.1 Å². The summed E-state index contributed by atoms with van der Waals surface area (Å²) in [6.07, 6.45) is 3.26.